The van der Waals surface area contributed by atoms with Crippen LogP contribution in [-0.2, 0) is 23.7 Å². The third-order valence-corrected chi connectivity index (χ3v) is 3.59. The lowest BCUT2D eigenvalue weighted by molar-refractivity contribution is -0.118. The summed E-state index contributed by atoms with van der Waals surface area (Å²) in [5.41, 5.74) is 0. The van der Waals surface area contributed by atoms with Crippen molar-refractivity contribution in [3.05, 3.63) is 0 Å². The topological polar surface area (TPSA) is 192 Å². The van der Waals surface area contributed by atoms with E-state index in [0.29, 0.717) is 0 Å². The van der Waals surface area contributed by atoms with Crippen molar-refractivity contribution in [2.75, 3.05) is 41.8 Å². The molecule has 0 saturated carbocycles. The summed E-state index contributed by atoms with van der Waals surface area (Å²) in [7, 11) is 6.40. The summed E-state index contributed by atoms with van der Waals surface area (Å²) >= 11 is 0. The molecule has 15 heteroatoms. The lowest BCUT2D eigenvalue weighted by atomic mass is 10.0. The fraction of sp³-hybridized carbons (Fsp3) is 0.688. The summed E-state index contributed by atoms with van der Waals surface area (Å²) in [5.74, 6) is 0. The third kappa shape index (κ3) is 10.1. The lowest BCUT2D eigenvalue weighted by Gasteiger charge is -2.34. The first-order valence-corrected chi connectivity index (χ1v) is 9.01. The Kier molecular flexibility index (Phi) is 12.7. The Hall–Kier alpha value is -3.65. The smallest absolute Gasteiger partial charge is 0.407 e. The van der Waals surface area contributed by atoms with Gasteiger partial charge in [0.2, 0.25) is 0 Å². The lowest BCUT2D eigenvalue weighted by Crippen LogP contribution is -2.54. The van der Waals surface area contributed by atoms with Gasteiger partial charge in [0.15, 0.2) is 18.3 Å². The molecule has 0 bridgehead atoms. The second kappa shape index (κ2) is 14.4. The van der Waals surface area contributed by atoms with Crippen molar-refractivity contribution >= 4 is 30.5 Å². The molecular formula is C16H29N5O10. The highest BCUT2D eigenvalue weighted by atomic mass is 16.7. The van der Waals surface area contributed by atoms with Crippen molar-refractivity contribution in [2.24, 2.45) is 0 Å². The van der Waals surface area contributed by atoms with Crippen molar-refractivity contribution in [3.63, 3.8) is 0 Å². The number of amides is 5. The zero-order valence-electron chi connectivity index (χ0n) is 18.1. The van der Waals surface area contributed by atoms with Gasteiger partial charge < -0.3 is 50.3 Å². The van der Waals surface area contributed by atoms with Crippen molar-refractivity contribution in [2.45, 2.75) is 31.3 Å². The fourth-order valence-corrected chi connectivity index (χ4v) is 2.07. The first-order valence-electron chi connectivity index (χ1n) is 9.01. The van der Waals surface area contributed by atoms with E-state index < -0.39 is 61.5 Å². The minimum atomic E-state index is -1.57. The van der Waals surface area contributed by atoms with Gasteiger partial charge in [-0.2, -0.15) is 0 Å². The molecule has 0 aliphatic carbocycles. The van der Waals surface area contributed by atoms with Crippen LogP contribution >= 0.6 is 0 Å². The van der Waals surface area contributed by atoms with E-state index in [0.717, 1.165) is 0 Å². The summed E-state index contributed by atoms with van der Waals surface area (Å²) in [4.78, 5) is 58.8. The van der Waals surface area contributed by atoms with Gasteiger partial charge in [-0.15, -0.1) is 0 Å². The van der Waals surface area contributed by atoms with Crippen LogP contribution in [0.15, 0.2) is 0 Å². The number of nitrogens with one attached hydrogen (secondary N) is 5. The number of alkyl carbamates (subject to hydrolysis) is 5. The number of carbonyl (C=O) groups excluding carboxylic acids is 5. The Morgan fingerprint density at radius 1 is 0.581 bits per heavy atom. The maximum Gasteiger partial charge on any atom is 0.407 e. The van der Waals surface area contributed by atoms with Gasteiger partial charge in [0.05, 0.1) is 0 Å². The maximum atomic E-state index is 12.0. The highest BCUT2D eigenvalue weighted by Gasteiger charge is 2.43. The quantitative estimate of drug-likeness (QED) is 0.279. The molecule has 0 saturated heterocycles. The molecule has 0 spiro atoms. The second-order valence-corrected chi connectivity index (χ2v) is 5.64. The van der Waals surface area contributed by atoms with Crippen LogP contribution in [0.25, 0.3) is 0 Å². The van der Waals surface area contributed by atoms with Crippen molar-refractivity contribution in [3.8, 4) is 0 Å². The predicted octanol–water partition coefficient (Wildman–Crippen LogP) is -0.739. The van der Waals surface area contributed by atoms with Crippen molar-refractivity contribution in [1.82, 2.24) is 26.6 Å². The number of hydrogen-bond donors (Lipinski definition) is 5. The van der Waals surface area contributed by atoms with E-state index >= 15 is 0 Å². The van der Waals surface area contributed by atoms with Crippen LogP contribution in [0.2, 0.25) is 0 Å². The van der Waals surface area contributed by atoms with E-state index in [9.17, 15) is 24.0 Å². The summed E-state index contributed by atoms with van der Waals surface area (Å²) in [6.07, 6.45) is -10.4. The van der Waals surface area contributed by atoms with E-state index in [1.807, 2.05) is 0 Å². The molecule has 0 rings (SSSR count). The standard InChI is InChI=1S/C16H29N5O10/c1-8(28-13(23)18-3)10(30-15(25)20-5)11(31-16(26)21-6)9(29-14(24)19-4)7-27-12(22)17-2/h8-11H,7H2,1-6H3,(H,17,22)(H,18,23)(H,19,24)(H,20,25)(H,21,26). The van der Waals surface area contributed by atoms with E-state index in [4.69, 9.17) is 23.7 Å². The normalized spacial score (nSPS) is 13.7. The molecule has 31 heavy (non-hydrogen) atoms. The highest BCUT2D eigenvalue weighted by Crippen LogP contribution is 2.19. The van der Waals surface area contributed by atoms with Crippen molar-refractivity contribution < 1.29 is 47.7 Å². The monoisotopic (exact) mass is 451 g/mol. The minimum Gasteiger partial charge on any atom is -0.445 e. The molecule has 178 valence electrons. The van der Waals surface area contributed by atoms with E-state index in [-0.39, 0.29) is 0 Å². The molecule has 15 nitrogen and oxygen atoms in total. The van der Waals surface area contributed by atoms with Gasteiger partial charge in [-0.05, 0) is 6.92 Å². The second-order valence-electron chi connectivity index (χ2n) is 5.64. The molecular weight excluding hydrogens is 422 g/mol. The van der Waals surface area contributed by atoms with Crippen molar-refractivity contribution in [1.29, 1.82) is 0 Å². The van der Waals surface area contributed by atoms with Crippen LogP contribution in [0.4, 0.5) is 24.0 Å². The molecule has 4 atom stereocenters. The molecule has 0 radical (unpaired) electrons. The number of rotatable bonds is 9. The molecule has 4 unspecified atom stereocenters. The minimum absolute atomic E-state index is 0.602. The average Bonchev–Trinajstić information content (AvgIpc) is 2.77. The van der Waals surface area contributed by atoms with E-state index in [1.54, 1.807) is 0 Å². The SMILES string of the molecule is CNC(=O)OCC(OC(=O)NC)C(OC(=O)NC)C(OC(=O)NC)C(C)OC(=O)NC. The summed E-state index contributed by atoms with van der Waals surface area (Å²) < 4.78 is 25.6. The van der Waals surface area contributed by atoms with Gasteiger partial charge in [0, 0.05) is 35.2 Å². The fourth-order valence-electron chi connectivity index (χ4n) is 2.07. The first kappa shape index (κ1) is 27.4. The molecule has 0 heterocycles. The largest absolute Gasteiger partial charge is 0.445 e. The summed E-state index contributed by atoms with van der Waals surface area (Å²) in [6.45, 7) is 0.745. The third-order valence-electron chi connectivity index (χ3n) is 3.59. The summed E-state index contributed by atoms with van der Waals surface area (Å²) in [6, 6.07) is 0. The molecule has 0 aromatic heterocycles. The van der Waals surface area contributed by atoms with Crippen LogP contribution in [0.5, 0.6) is 0 Å². The van der Waals surface area contributed by atoms with E-state index in [1.165, 1.54) is 42.2 Å². The summed E-state index contributed by atoms with van der Waals surface area (Å²) in [5, 5.41) is 11.0. The highest BCUT2D eigenvalue weighted by molar-refractivity contribution is 5.70. The Morgan fingerprint density at radius 2 is 0.968 bits per heavy atom. The number of hydrogen-bond acceptors (Lipinski definition) is 10. The average molecular weight is 451 g/mol. The van der Waals surface area contributed by atoms with Gasteiger partial charge in [-0.3, -0.25) is 0 Å². The van der Waals surface area contributed by atoms with Gasteiger partial charge >= 0.3 is 30.5 Å². The molecule has 0 fully saturated rings. The molecule has 0 aliphatic rings. The Morgan fingerprint density at radius 3 is 1.42 bits per heavy atom. The molecule has 0 aromatic carbocycles. The predicted molar refractivity (Wildman–Crippen MR) is 103 cm³/mol. The van der Waals surface area contributed by atoms with Gasteiger partial charge in [-0.25, -0.2) is 24.0 Å². The molecule has 0 aliphatic heterocycles. The number of carbonyl (C=O) groups is 5. The van der Waals surface area contributed by atoms with Gasteiger partial charge in [0.1, 0.15) is 12.7 Å². The van der Waals surface area contributed by atoms with Crippen LogP contribution in [0, 0.1) is 0 Å². The van der Waals surface area contributed by atoms with Crippen LogP contribution < -0.4 is 26.6 Å². The number of ether oxygens (including phenoxy) is 5. The first-order chi connectivity index (χ1) is 14.6. The van der Waals surface area contributed by atoms with Crippen LogP contribution in [-0.4, -0.2) is 96.7 Å². The Bertz CT molecular complexity index is 632. The molecule has 5 N–H and O–H groups in total. The van der Waals surface area contributed by atoms with E-state index in [2.05, 4.69) is 26.6 Å². The Balaban J connectivity index is 6.12. The molecule has 0 aromatic rings. The molecule has 5 amide bonds. The van der Waals surface area contributed by atoms with Crippen LogP contribution in [0.3, 0.4) is 0 Å². The van der Waals surface area contributed by atoms with Crippen LogP contribution in [0.1, 0.15) is 6.92 Å². The van der Waals surface area contributed by atoms with Gasteiger partial charge in [0.25, 0.3) is 0 Å². The zero-order valence-corrected chi connectivity index (χ0v) is 18.1. The zero-order chi connectivity index (χ0) is 24.0. The Labute approximate surface area is 178 Å². The maximum absolute atomic E-state index is 12.0. The van der Waals surface area contributed by atoms with Gasteiger partial charge in [-0.1, -0.05) is 0 Å².